The molecular formula is C14H18N2O4. The number of carbonyl (C=O) groups excluding carboxylic acids is 1. The number of amides is 1. The van der Waals surface area contributed by atoms with Gasteiger partial charge in [0.05, 0.1) is 17.9 Å². The summed E-state index contributed by atoms with van der Waals surface area (Å²) in [6, 6.07) is 6.76. The number of phenols is 1. The number of hydrogen-bond acceptors (Lipinski definition) is 5. The number of nitrogens with one attached hydrogen (secondary N) is 1. The number of rotatable bonds is 4. The van der Waals surface area contributed by atoms with Gasteiger partial charge in [0.15, 0.2) is 0 Å². The molecule has 0 spiro atoms. The minimum absolute atomic E-state index is 0.103. The zero-order chi connectivity index (χ0) is 14.8. The average Bonchev–Trinajstić information content (AvgIpc) is 2.88. The third-order valence-corrected chi connectivity index (χ3v) is 3.03. The van der Waals surface area contributed by atoms with Gasteiger partial charge in [0, 0.05) is 12.0 Å². The van der Waals surface area contributed by atoms with Crippen LogP contribution in [0.4, 0.5) is 0 Å². The zero-order valence-electron chi connectivity index (χ0n) is 11.5. The number of aliphatic hydroxyl groups is 1. The molecule has 0 aliphatic carbocycles. The highest BCUT2D eigenvalue weighted by Gasteiger charge is 2.32. The molecule has 0 aromatic heterocycles. The Morgan fingerprint density at radius 3 is 2.85 bits per heavy atom. The number of benzene rings is 1. The number of hydrogen-bond donors (Lipinski definition) is 3. The quantitative estimate of drug-likeness (QED) is 0.758. The molecule has 3 N–H and O–H groups in total. The summed E-state index contributed by atoms with van der Waals surface area (Å²) in [6.07, 6.45) is -0.458. The Bertz CT molecular complexity index is 540. The summed E-state index contributed by atoms with van der Waals surface area (Å²) in [5.41, 5.74) is 0.382. The highest BCUT2D eigenvalue weighted by molar-refractivity contribution is 6.05. The maximum atomic E-state index is 12.0. The summed E-state index contributed by atoms with van der Waals surface area (Å²) in [4.78, 5) is 17.1. The van der Waals surface area contributed by atoms with Crippen LogP contribution in [-0.4, -0.2) is 40.1 Å². The van der Waals surface area contributed by atoms with Crippen LogP contribution in [0.1, 0.15) is 25.8 Å². The fourth-order valence-corrected chi connectivity index (χ4v) is 1.85. The second-order valence-corrected chi connectivity index (χ2v) is 5.38. The molecule has 0 saturated heterocycles. The van der Waals surface area contributed by atoms with Crippen molar-refractivity contribution in [2.45, 2.75) is 31.9 Å². The van der Waals surface area contributed by atoms with E-state index in [2.05, 4.69) is 10.5 Å². The van der Waals surface area contributed by atoms with Crippen LogP contribution < -0.4 is 5.32 Å². The Balaban J connectivity index is 2.02. The molecule has 0 fully saturated rings. The number of oxime groups is 1. The molecule has 2 rings (SSSR count). The Labute approximate surface area is 117 Å². The van der Waals surface area contributed by atoms with Gasteiger partial charge in [-0.05, 0) is 26.0 Å². The number of aliphatic hydroxyl groups excluding tert-OH is 1. The summed E-state index contributed by atoms with van der Waals surface area (Å²) in [6.45, 7) is 3.26. The summed E-state index contributed by atoms with van der Waals surface area (Å²) < 4.78 is 0. The molecule has 6 heteroatoms. The van der Waals surface area contributed by atoms with E-state index in [-0.39, 0.29) is 24.7 Å². The van der Waals surface area contributed by atoms with Crippen molar-refractivity contribution in [1.82, 2.24) is 5.32 Å². The van der Waals surface area contributed by atoms with Gasteiger partial charge >= 0.3 is 0 Å². The van der Waals surface area contributed by atoms with Crippen molar-refractivity contribution >= 4 is 11.6 Å². The predicted molar refractivity (Wildman–Crippen MR) is 73.4 cm³/mol. The van der Waals surface area contributed by atoms with Gasteiger partial charge in [-0.1, -0.05) is 17.3 Å². The molecular weight excluding hydrogens is 260 g/mol. The maximum Gasteiger partial charge on any atom is 0.264 e. The minimum Gasteiger partial charge on any atom is -0.507 e. The topological polar surface area (TPSA) is 91.2 Å². The van der Waals surface area contributed by atoms with Crippen molar-refractivity contribution in [3.63, 3.8) is 0 Å². The van der Waals surface area contributed by atoms with Crippen LogP contribution in [-0.2, 0) is 9.63 Å². The van der Waals surface area contributed by atoms with Crippen LogP contribution in [0.5, 0.6) is 5.75 Å². The molecule has 108 valence electrons. The van der Waals surface area contributed by atoms with E-state index in [1.54, 1.807) is 38.1 Å². The fraction of sp³-hybridized carbons (Fsp3) is 0.429. The molecule has 0 saturated carbocycles. The first-order chi connectivity index (χ1) is 9.43. The lowest BCUT2D eigenvalue weighted by Gasteiger charge is -2.24. The van der Waals surface area contributed by atoms with E-state index >= 15 is 0 Å². The molecule has 1 heterocycles. The minimum atomic E-state index is -0.740. The SMILES string of the molecule is CC(C)(CO)NC(=O)C1CC(c2ccccc2O)=NO1. The molecule has 6 nitrogen and oxygen atoms in total. The van der Waals surface area contributed by atoms with Gasteiger partial charge in [-0.3, -0.25) is 4.79 Å². The van der Waals surface area contributed by atoms with E-state index in [0.29, 0.717) is 11.3 Å². The fourth-order valence-electron chi connectivity index (χ4n) is 1.85. The summed E-state index contributed by atoms with van der Waals surface area (Å²) in [5.74, 6) is -0.232. The van der Waals surface area contributed by atoms with Crippen LogP contribution in [0.25, 0.3) is 0 Å². The van der Waals surface area contributed by atoms with Crippen molar-refractivity contribution in [3.8, 4) is 5.75 Å². The van der Waals surface area contributed by atoms with Gasteiger partial charge in [0.1, 0.15) is 5.75 Å². The van der Waals surface area contributed by atoms with Crippen LogP contribution in [0, 0.1) is 0 Å². The lowest BCUT2D eigenvalue weighted by atomic mass is 10.0. The van der Waals surface area contributed by atoms with Gasteiger partial charge in [-0.15, -0.1) is 0 Å². The van der Waals surface area contributed by atoms with E-state index in [0.717, 1.165) is 0 Å². The Hall–Kier alpha value is -2.08. The van der Waals surface area contributed by atoms with Gasteiger partial charge in [0.25, 0.3) is 5.91 Å². The molecule has 1 aliphatic heterocycles. The molecule has 1 unspecified atom stereocenters. The summed E-state index contributed by atoms with van der Waals surface area (Å²) >= 11 is 0. The first-order valence-corrected chi connectivity index (χ1v) is 6.37. The van der Waals surface area contributed by atoms with Crippen LogP contribution in [0.2, 0.25) is 0 Å². The molecule has 1 amide bonds. The standard InChI is InChI=1S/C14H18N2O4/c1-14(2,8-17)15-13(19)12-7-10(16-20-12)9-5-3-4-6-11(9)18/h3-6,12,17-18H,7-8H2,1-2H3,(H,15,19). The molecule has 1 atom stereocenters. The zero-order valence-corrected chi connectivity index (χ0v) is 11.5. The largest absolute Gasteiger partial charge is 0.507 e. The number of phenolic OH excluding ortho intramolecular Hbond substituents is 1. The highest BCUT2D eigenvalue weighted by Crippen LogP contribution is 2.23. The van der Waals surface area contributed by atoms with Crippen LogP contribution in [0.15, 0.2) is 29.4 Å². The molecule has 1 aromatic carbocycles. The highest BCUT2D eigenvalue weighted by atomic mass is 16.6. The van der Waals surface area contributed by atoms with E-state index in [1.807, 2.05) is 0 Å². The Morgan fingerprint density at radius 2 is 2.20 bits per heavy atom. The maximum absolute atomic E-state index is 12.0. The average molecular weight is 278 g/mol. The lowest BCUT2D eigenvalue weighted by Crippen LogP contribution is -2.50. The van der Waals surface area contributed by atoms with Crippen LogP contribution >= 0.6 is 0 Å². The smallest absolute Gasteiger partial charge is 0.264 e. The third kappa shape index (κ3) is 3.08. The van der Waals surface area contributed by atoms with Gasteiger partial charge < -0.3 is 20.4 Å². The number of nitrogens with zero attached hydrogens (tertiary/aromatic N) is 1. The van der Waals surface area contributed by atoms with Gasteiger partial charge in [-0.25, -0.2) is 0 Å². The van der Waals surface area contributed by atoms with E-state index < -0.39 is 11.6 Å². The molecule has 20 heavy (non-hydrogen) atoms. The van der Waals surface area contributed by atoms with Crippen LogP contribution in [0.3, 0.4) is 0 Å². The molecule has 1 aromatic rings. The van der Waals surface area contributed by atoms with Crippen molar-refractivity contribution < 1.29 is 19.8 Å². The summed E-state index contributed by atoms with van der Waals surface area (Å²) in [7, 11) is 0. The number of para-hydroxylation sites is 1. The van der Waals surface area contributed by atoms with E-state index in [9.17, 15) is 9.90 Å². The van der Waals surface area contributed by atoms with Crippen molar-refractivity contribution in [1.29, 1.82) is 0 Å². The molecule has 0 radical (unpaired) electrons. The third-order valence-electron chi connectivity index (χ3n) is 3.03. The molecule has 1 aliphatic rings. The van der Waals surface area contributed by atoms with Crippen molar-refractivity contribution in [3.05, 3.63) is 29.8 Å². The second-order valence-electron chi connectivity index (χ2n) is 5.38. The first kappa shape index (κ1) is 14.3. The normalized spacial score (nSPS) is 18.4. The monoisotopic (exact) mass is 278 g/mol. The lowest BCUT2D eigenvalue weighted by molar-refractivity contribution is -0.133. The van der Waals surface area contributed by atoms with Gasteiger partial charge in [0.2, 0.25) is 6.10 Å². The second kappa shape index (κ2) is 5.50. The van der Waals surface area contributed by atoms with Crippen molar-refractivity contribution in [2.24, 2.45) is 5.16 Å². The number of aromatic hydroxyl groups is 1. The van der Waals surface area contributed by atoms with Gasteiger partial charge in [-0.2, -0.15) is 0 Å². The predicted octanol–water partition coefficient (Wildman–Crippen LogP) is 0.772. The first-order valence-electron chi connectivity index (χ1n) is 6.37. The van der Waals surface area contributed by atoms with E-state index in [4.69, 9.17) is 9.94 Å². The Kier molecular flexibility index (Phi) is 3.94. The summed E-state index contributed by atoms with van der Waals surface area (Å²) in [5, 5.41) is 25.4. The van der Waals surface area contributed by atoms with E-state index in [1.165, 1.54) is 0 Å². The van der Waals surface area contributed by atoms with Crippen molar-refractivity contribution in [2.75, 3.05) is 6.61 Å². The number of carbonyl (C=O) groups is 1. The molecule has 0 bridgehead atoms. The Morgan fingerprint density at radius 1 is 1.50 bits per heavy atom.